The minimum absolute atomic E-state index is 0.171. The van der Waals surface area contributed by atoms with E-state index in [1.165, 1.54) is 15.8 Å². The van der Waals surface area contributed by atoms with Crippen molar-refractivity contribution in [3.63, 3.8) is 0 Å². The van der Waals surface area contributed by atoms with Gasteiger partial charge in [-0.05, 0) is 0 Å². The van der Waals surface area contributed by atoms with Gasteiger partial charge in [0.1, 0.15) is 0 Å². The van der Waals surface area contributed by atoms with Gasteiger partial charge < -0.3 is 0 Å². The quantitative estimate of drug-likeness (QED) is 0.555. The molecule has 2 aromatic carbocycles. The van der Waals surface area contributed by atoms with E-state index in [2.05, 4.69) is 60.1 Å². The molecular formula is C19H16FNSe. The van der Waals surface area contributed by atoms with Crippen LogP contribution in [0.15, 0.2) is 59.5 Å². The van der Waals surface area contributed by atoms with E-state index in [-0.39, 0.29) is 11.2 Å². The summed E-state index contributed by atoms with van der Waals surface area (Å²) >= 11 is 0.320. The number of nitrogens with zero attached hydrogens (tertiary/aromatic N) is 1. The van der Waals surface area contributed by atoms with Gasteiger partial charge in [-0.15, -0.1) is 0 Å². The summed E-state index contributed by atoms with van der Waals surface area (Å²) in [4.78, 5) is 4.52. The fraction of sp³-hybridized carbons (Fsp3) is 0.158. The van der Waals surface area contributed by atoms with E-state index in [0.717, 1.165) is 11.3 Å². The van der Waals surface area contributed by atoms with Crippen LogP contribution >= 0.6 is 0 Å². The molecule has 1 aliphatic rings. The summed E-state index contributed by atoms with van der Waals surface area (Å²) in [6, 6.07) is 17.9. The van der Waals surface area contributed by atoms with Crippen molar-refractivity contribution in [2.45, 2.75) is 19.3 Å². The summed E-state index contributed by atoms with van der Waals surface area (Å²) in [5.41, 5.74) is 4.40. The normalized spacial score (nSPS) is 15.3. The number of rotatable bonds is 1. The number of halogens is 1. The molecule has 0 N–H and O–H groups in total. The molecule has 0 atom stereocenters. The van der Waals surface area contributed by atoms with Crippen LogP contribution in [0.4, 0.5) is 20.3 Å². The predicted octanol–water partition coefficient (Wildman–Crippen LogP) is 4.99. The summed E-state index contributed by atoms with van der Waals surface area (Å²) in [6.45, 7) is 4.35. The van der Waals surface area contributed by atoms with Crippen LogP contribution < -0.4 is 4.90 Å². The molecule has 0 saturated carbocycles. The molecule has 2 heterocycles. The number of para-hydroxylation sites is 1. The van der Waals surface area contributed by atoms with Crippen LogP contribution in [-0.2, 0) is 5.41 Å². The predicted molar refractivity (Wildman–Crippen MR) is 90.2 cm³/mol. The van der Waals surface area contributed by atoms with Gasteiger partial charge in [0, 0.05) is 0 Å². The molecule has 1 aliphatic heterocycles. The third kappa shape index (κ3) is 1.89. The first-order valence-corrected chi connectivity index (χ1v) is 9.17. The molecule has 3 aromatic rings. The van der Waals surface area contributed by atoms with Crippen LogP contribution in [0.3, 0.4) is 0 Å². The summed E-state index contributed by atoms with van der Waals surface area (Å²) in [6.07, 6.45) is 0. The molecule has 22 heavy (non-hydrogen) atoms. The molecule has 0 saturated heterocycles. The Morgan fingerprint density at radius 2 is 1.68 bits per heavy atom. The Morgan fingerprint density at radius 1 is 0.909 bits per heavy atom. The molecule has 0 unspecified atom stereocenters. The van der Waals surface area contributed by atoms with E-state index in [0.29, 0.717) is 14.5 Å². The van der Waals surface area contributed by atoms with Crippen molar-refractivity contribution >= 4 is 30.4 Å². The molecular weight excluding hydrogens is 340 g/mol. The van der Waals surface area contributed by atoms with Gasteiger partial charge in [-0.2, -0.15) is 0 Å². The van der Waals surface area contributed by atoms with Crippen molar-refractivity contribution in [2.75, 3.05) is 4.90 Å². The maximum atomic E-state index is 13.9. The molecule has 3 heteroatoms. The summed E-state index contributed by atoms with van der Waals surface area (Å²) in [5.74, 6) is -0.171. The molecule has 1 nitrogen and oxygen atoms in total. The average Bonchev–Trinajstić information content (AvgIpc) is 3.02. The second-order valence-corrected chi connectivity index (χ2v) is 8.03. The van der Waals surface area contributed by atoms with E-state index in [9.17, 15) is 4.39 Å². The van der Waals surface area contributed by atoms with Gasteiger partial charge in [0.05, 0.1) is 0 Å². The number of benzene rings is 2. The standard InChI is InChI=1S/C19H16FNSe/c1-19(2)14-6-3-4-7-16(14)21(18-8-5-11-22-18)17-10-9-13(20)12-15(17)19/h3-12H,1-2H3. The first-order chi connectivity index (χ1) is 10.6. The third-order valence-corrected chi connectivity index (χ3v) is 6.21. The van der Waals surface area contributed by atoms with E-state index in [1.54, 1.807) is 12.1 Å². The zero-order valence-corrected chi connectivity index (χ0v) is 14.2. The average molecular weight is 356 g/mol. The van der Waals surface area contributed by atoms with Gasteiger partial charge in [-0.25, -0.2) is 0 Å². The first-order valence-electron chi connectivity index (χ1n) is 7.32. The zero-order chi connectivity index (χ0) is 15.3. The topological polar surface area (TPSA) is 3.24 Å². The van der Waals surface area contributed by atoms with Crippen molar-refractivity contribution < 1.29 is 4.39 Å². The number of fused-ring (bicyclic) bond motifs is 2. The second-order valence-electron chi connectivity index (χ2n) is 6.09. The molecule has 0 bridgehead atoms. The SMILES string of the molecule is CC1(C)c2ccccc2N(c2ccc[se]2)c2ccc(F)cc21. The van der Waals surface area contributed by atoms with Crippen molar-refractivity contribution in [3.8, 4) is 0 Å². The maximum absolute atomic E-state index is 13.9. The number of anilines is 3. The van der Waals surface area contributed by atoms with Crippen LogP contribution in [0.5, 0.6) is 0 Å². The Kier molecular flexibility index (Phi) is 3.04. The van der Waals surface area contributed by atoms with Crippen molar-refractivity contribution in [3.05, 3.63) is 76.5 Å². The van der Waals surface area contributed by atoms with E-state index < -0.39 is 0 Å². The second kappa shape index (κ2) is 4.84. The van der Waals surface area contributed by atoms with E-state index in [1.807, 2.05) is 6.07 Å². The molecule has 0 spiro atoms. The van der Waals surface area contributed by atoms with Crippen molar-refractivity contribution in [1.29, 1.82) is 0 Å². The van der Waals surface area contributed by atoms with Crippen LogP contribution in [0.2, 0.25) is 0 Å². The monoisotopic (exact) mass is 357 g/mol. The molecule has 0 fully saturated rings. The minimum atomic E-state index is -0.204. The molecule has 0 amide bonds. The fourth-order valence-corrected chi connectivity index (χ4v) is 4.90. The molecule has 4 rings (SSSR count). The zero-order valence-electron chi connectivity index (χ0n) is 12.5. The van der Waals surface area contributed by atoms with Gasteiger partial charge in [-0.1, -0.05) is 0 Å². The van der Waals surface area contributed by atoms with Crippen molar-refractivity contribution in [1.82, 2.24) is 0 Å². The Hall–Kier alpha value is -1.83. The third-order valence-electron chi connectivity index (χ3n) is 4.42. The van der Waals surface area contributed by atoms with E-state index >= 15 is 0 Å². The number of hydrogen-bond acceptors (Lipinski definition) is 1. The fourth-order valence-electron chi connectivity index (χ4n) is 3.31. The van der Waals surface area contributed by atoms with Gasteiger partial charge in [0.25, 0.3) is 0 Å². The summed E-state index contributed by atoms with van der Waals surface area (Å²) < 4.78 is 15.2. The van der Waals surface area contributed by atoms with Crippen LogP contribution in [0, 0.1) is 5.82 Å². The Bertz CT molecular complexity index is 836. The molecule has 110 valence electrons. The molecule has 1 aromatic heterocycles. The van der Waals surface area contributed by atoms with Gasteiger partial charge in [0.2, 0.25) is 0 Å². The summed E-state index contributed by atoms with van der Waals surface area (Å²) in [5, 5.41) is 0. The van der Waals surface area contributed by atoms with Gasteiger partial charge in [0.15, 0.2) is 0 Å². The first kappa shape index (κ1) is 13.8. The van der Waals surface area contributed by atoms with Crippen LogP contribution in [0.1, 0.15) is 25.0 Å². The Morgan fingerprint density at radius 3 is 2.45 bits per heavy atom. The van der Waals surface area contributed by atoms with Crippen LogP contribution in [0.25, 0.3) is 0 Å². The molecule has 0 radical (unpaired) electrons. The Balaban J connectivity index is 2.07. The van der Waals surface area contributed by atoms with Gasteiger partial charge >= 0.3 is 135 Å². The summed E-state index contributed by atoms with van der Waals surface area (Å²) in [7, 11) is 0. The molecule has 0 aliphatic carbocycles. The number of hydrogen-bond donors (Lipinski definition) is 0. The van der Waals surface area contributed by atoms with Crippen LogP contribution in [-0.4, -0.2) is 14.5 Å². The Labute approximate surface area is 135 Å². The van der Waals surface area contributed by atoms with E-state index in [4.69, 9.17) is 0 Å². The van der Waals surface area contributed by atoms with Gasteiger partial charge in [-0.3, -0.25) is 0 Å². The van der Waals surface area contributed by atoms with Crippen molar-refractivity contribution in [2.24, 2.45) is 0 Å².